The Balaban J connectivity index is 2.07. The number of halogens is 1. The molecule has 100 valence electrons. The van der Waals surface area contributed by atoms with Gasteiger partial charge in [0.1, 0.15) is 23.2 Å². The van der Waals surface area contributed by atoms with Crippen LogP contribution in [0.4, 0.5) is 4.39 Å². The molecule has 0 radical (unpaired) electrons. The second kappa shape index (κ2) is 6.34. The Bertz CT molecular complexity index is 669. The van der Waals surface area contributed by atoms with E-state index in [1.165, 1.54) is 30.5 Å². The minimum Gasteiger partial charge on any atom is -0.467 e. The first-order valence-corrected chi connectivity index (χ1v) is 5.87. The number of hydrogen-bond donors (Lipinski definition) is 1. The Morgan fingerprint density at radius 2 is 2.25 bits per heavy atom. The van der Waals surface area contributed by atoms with Crippen LogP contribution in [0.15, 0.2) is 52.7 Å². The molecule has 1 aromatic carbocycles. The lowest BCUT2D eigenvalue weighted by Crippen LogP contribution is -2.23. The molecule has 0 fully saturated rings. The first kappa shape index (κ1) is 13.6. The molecule has 0 saturated carbocycles. The summed E-state index contributed by atoms with van der Waals surface area (Å²) < 4.78 is 18.1. The Morgan fingerprint density at radius 1 is 1.40 bits per heavy atom. The van der Waals surface area contributed by atoms with Gasteiger partial charge in [0.15, 0.2) is 0 Å². The van der Waals surface area contributed by atoms with Crippen LogP contribution in [0.1, 0.15) is 11.3 Å². The molecule has 20 heavy (non-hydrogen) atoms. The highest BCUT2D eigenvalue weighted by atomic mass is 19.1. The Hall–Kier alpha value is -2.87. The van der Waals surface area contributed by atoms with Crippen molar-refractivity contribution in [2.24, 2.45) is 0 Å². The number of benzene rings is 1. The summed E-state index contributed by atoms with van der Waals surface area (Å²) in [6.07, 6.45) is 2.83. The van der Waals surface area contributed by atoms with Crippen LogP contribution in [-0.2, 0) is 11.3 Å². The minimum atomic E-state index is -0.534. The molecule has 0 bridgehead atoms. The minimum absolute atomic E-state index is 0.0952. The predicted octanol–water partition coefficient (Wildman–Crippen LogP) is 2.64. The van der Waals surface area contributed by atoms with Crippen molar-refractivity contribution in [3.05, 3.63) is 65.4 Å². The molecule has 1 heterocycles. The van der Waals surface area contributed by atoms with Crippen LogP contribution in [0.5, 0.6) is 0 Å². The third kappa shape index (κ3) is 3.56. The van der Waals surface area contributed by atoms with E-state index in [0.717, 1.165) is 0 Å². The van der Waals surface area contributed by atoms with Crippen molar-refractivity contribution in [2.45, 2.75) is 6.54 Å². The maximum absolute atomic E-state index is 13.0. The van der Waals surface area contributed by atoms with Gasteiger partial charge in [0.05, 0.1) is 12.8 Å². The zero-order chi connectivity index (χ0) is 14.4. The zero-order valence-corrected chi connectivity index (χ0v) is 10.5. The van der Waals surface area contributed by atoms with Crippen LogP contribution in [0, 0.1) is 17.1 Å². The van der Waals surface area contributed by atoms with Gasteiger partial charge >= 0.3 is 0 Å². The van der Waals surface area contributed by atoms with Gasteiger partial charge < -0.3 is 9.73 Å². The predicted molar refractivity (Wildman–Crippen MR) is 70.5 cm³/mol. The lowest BCUT2D eigenvalue weighted by Gasteiger charge is -2.02. The number of carbonyl (C=O) groups excluding carboxylic acids is 1. The summed E-state index contributed by atoms with van der Waals surface area (Å²) in [6.45, 7) is 0.188. The zero-order valence-electron chi connectivity index (χ0n) is 10.5. The van der Waals surface area contributed by atoms with Gasteiger partial charge in [-0.15, -0.1) is 0 Å². The summed E-state index contributed by atoms with van der Waals surface area (Å²) in [5.74, 6) is -0.374. The molecule has 0 spiro atoms. The fraction of sp³-hybridized carbons (Fsp3) is 0.0667. The summed E-state index contributed by atoms with van der Waals surface area (Å²) in [5.41, 5.74) is 0.358. The SMILES string of the molecule is N#CC(=Cc1cccc(F)c1)C(=O)NCc1ccco1. The standard InChI is InChI=1S/C15H11FN2O2/c16-13-4-1-3-11(8-13)7-12(9-17)15(19)18-10-14-5-2-6-20-14/h1-8H,10H2,(H,18,19). The van der Waals surface area contributed by atoms with Crippen LogP contribution in [0.2, 0.25) is 0 Å². The molecule has 0 atom stereocenters. The van der Waals surface area contributed by atoms with E-state index >= 15 is 0 Å². The van der Waals surface area contributed by atoms with Gasteiger partial charge in [-0.05, 0) is 35.9 Å². The summed E-state index contributed by atoms with van der Waals surface area (Å²) in [5, 5.41) is 11.5. The van der Waals surface area contributed by atoms with E-state index in [1.807, 2.05) is 0 Å². The van der Waals surface area contributed by atoms with E-state index in [1.54, 1.807) is 24.3 Å². The molecule has 2 aromatic rings. The van der Waals surface area contributed by atoms with Crippen molar-refractivity contribution < 1.29 is 13.6 Å². The second-order valence-electron chi connectivity index (χ2n) is 3.99. The number of nitrogens with one attached hydrogen (secondary N) is 1. The highest BCUT2D eigenvalue weighted by Gasteiger charge is 2.09. The number of hydrogen-bond acceptors (Lipinski definition) is 3. The highest BCUT2D eigenvalue weighted by molar-refractivity contribution is 6.01. The summed E-state index contributed by atoms with van der Waals surface area (Å²) in [6, 6.07) is 10.9. The summed E-state index contributed by atoms with van der Waals surface area (Å²) in [4.78, 5) is 11.8. The number of carbonyl (C=O) groups is 1. The molecule has 0 saturated heterocycles. The molecule has 1 N–H and O–H groups in total. The lowest BCUT2D eigenvalue weighted by molar-refractivity contribution is -0.117. The lowest BCUT2D eigenvalue weighted by atomic mass is 10.1. The number of furan rings is 1. The first-order valence-electron chi connectivity index (χ1n) is 5.87. The summed E-state index contributed by atoms with van der Waals surface area (Å²) >= 11 is 0. The number of amides is 1. The van der Waals surface area contributed by atoms with Crippen molar-refractivity contribution in [1.29, 1.82) is 5.26 Å². The molecule has 0 unspecified atom stereocenters. The molecule has 1 amide bonds. The van der Waals surface area contributed by atoms with Gasteiger partial charge in [-0.3, -0.25) is 4.79 Å². The normalized spacial score (nSPS) is 10.9. The van der Waals surface area contributed by atoms with Crippen molar-refractivity contribution in [3.8, 4) is 6.07 Å². The fourth-order valence-electron chi connectivity index (χ4n) is 1.59. The van der Waals surface area contributed by atoms with E-state index in [0.29, 0.717) is 11.3 Å². The molecule has 5 heteroatoms. The number of rotatable bonds is 4. The van der Waals surface area contributed by atoms with E-state index in [2.05, 4.69) is 5.32 Å². The van der Waals surface area contributed by atoms with E-state index in [4.69, 9.17) is 9.68 Å². The summed E-state index contributed by atoms with van der Waals surface area (Å²) in [7, 11) is 0. The van der Waals surface area contributed by atoms with E-state index in [-0.39, 0.29) is 12.1 Å². The van der Waals surface area contributed by atoms with Crippen molar-refractivity contribution in [3.63, 3.8) is 0 Å². The monoisotopic (exact) mass is 270 g/mol. The first-order chi connectivity index (χ1) is 9.69. The van der Waals surface area contributed by atoms with Crippen molar-refractivity contribution >= 4 is 12.0 Å². The van der Waals surface area contributed by atoms with Crippen LogP contribution < -0.4 is 5.32 Å². The highest BCUT2D eigenvalue weighted by Crippen LogP contribution is 2.09. The van der Waals surface area contributed by atoms with Gasteiger partial charge in [-0.1, -0.05) is 12.1 Å². The largest absolute Gasteiger partial charge is 0.467 e. The topological polar surface area (TPSA) is 66.0 Å². The quantitative estimate of drug-likeness (QED) is 0.686. The van der Waals surface area contributed by atoms with Crippen LogP contribution in [-0.4, -0.2) is 5.91 Å². The molecular weight excluding hydrogens is 259 g/mol. The molecule has 0 aliphatic rings. The molecule has 0 aliphatic carbocycles. The van der Waals surface area contributed by atoms with Gasteiger partial charge in [0.25, 0.3) is 5.91 Å². The Labute approximate surface area is 115 Å². The maximum atomic E-state index is 13.0. The van der Waals surface area contributed by atoms with Crippen LogP contribution >= 0.6 is 0 Å². The van der Waals surface area contributed by atoms with Crippen LogP contribution in [0.25, 0.3) is 6.08 Å². The smallest absolute Gasteiger partial charge is 0.262 e. The van der Waals surface area contributed by atoms with Crippen molar-refractivity contribution in [2.75, 3.05) is 0 Å². The van der Waals surface area contributed by atoms with Gasteiger partial charge in [0.2, 0.25) is 0 Å². The third-order valence-electron chi connectivity index (χ3n) is 2.53. The maximum Gasteiger partial charge on any atom is 0.262 e. The van der Waals surface area contributed by atoms with E-state index in [9.17, 15) is 9.18 Å². The molecule has 0 aliphatic heterocycles. The average molecular weight is 270 g/mol. The van der Waals surface area contributed by atoms with Gasteiger partial charge in [-0.2, -0.15) is 5.26 Å². The molecule has 1 aromatic heterocycles. The second-order valence-corrected chi connectivity index (χ2v) is 3.99. The third-order valence-corrected chi connectivity index (χ3v) is 2.53. The molecule has 2 rings (SSSR count). The van der Waals surface area contributed by atoms with Gasteiger partial charge in [0, 0.05) is 0 Å². The van der Waals surface area contributed by atoms with Crippen LogP contribution in [0.3, 0.4) is 0 Å². The Morgan fingerprint density at radius 3 is 2.90 bits per heavy atom. The Kier molecular flexibility index (Phi) is 4.30. The fourth-order valence-corrected chi connectivity index (χ4v) is 1.59. The molecular formula is C15H11FN2O2. The molecule has 4 nitrogen and oxygen atoms in total. The number of nitrogens with zero attached hydrogens (tertiary/aromatic N) is 1. The van der Waals surface area contributed by atoms with E-state index < -0.39 is 11.7 Å². The number of nitriles is 1. The van der Waals surface area contributed by atoms with Gasteiger partial charge in [-0.25, -0.2) is 4.39 Å². The average Bonchev–Trinajstić information content (AvgIpc) is 2.95. The van der Waals surface area contributed by atoms with Crippen molar-refractivity contribution in [1.82, 2.24) is 5.32 Å².